The van der Waals surface area contributed by atoms with Crippen LogP contribution < -0.4 is 10.6 Å². The standard InChI is InChI=1S/C28H36F5N5O3S/c1-16-14-27(29,30)10-12-38(16)25(40)21-22(42-24(37-21)23(39)34-11-9-26(2,3)41)18-15-35-20(13-19(18)28(31,32)33)36-17-7-5-4-6-8-17/h13,15-17,41H,4-12,14H2,1-3H3,(H,34,39)(H,35,36)/t16-/m0/s1. The second kappa shape index (κ2) is 12.4. The maximum Gasteiger partial charge on any atom is 0.417 e. The van der Waals surface area contributed by atoms with E-state index in [4.69, 9.17) is 0 Å². The van der Waals surface area contributed by atoms with Crippen molar-refractivity contribution in [2.75, 3.05) is 18.4 Å². The number of likely N-dealkylation sites (tertiary alicyclic amines) is 1. The molecule has 0 aromatic carbocycles. The van der Waals surface area contributed by atoms with Crippen molar-refractivity contribution < 1.29 is 36.6 Å². The number of piperidine rings is 1. The lowest BCUT2D eigenvalue weighted by Gasteiger charge is -2.37. The molecular weight excluding hydrogens is 581 g/mol. The molecule has 4 rings (SSSR count). The topological polar surface area (TPSA) is 107 Å². The maximum absolute atomic E-state index is 14.4. The lowest BCUT2D eigenvalue weighted by atomic mass is 9.95. The molecule has 2 aromatic heterocycles. The third kappa shape index (κ3) is 7.94. The summed E-state index contributed by atoms with van der Waals surface area (Å²) in [5, 5.41) is 15.3. The van der Waals surface area contributed by atoms with Gasteiger partial charge in [0.15, 0.2) is 5.01 Å². The summed E-state index contributed by atoms with van der Waals surface area (Å²) >= 11 is 0.602. The number of nitrogens with zero attached hydrogens (tertiary/aromatic N) is 3. The van der Waals surface area contributed by atoms with E-state index < -0.39 is 65.2 Å². The third-order valence-electron chi connectivity index (χ3n) is 7.56. The van der Waals surface area contributed by atoms with E-state index >= 15 is 0 Å². The van der Waals surface area contributed by atoms with E-state index in [-0.39, 0.29) is 41.3 Å². The van der Waals surface area contributed by atoms with Crippen LogP contribution in [0.5, 0.6) is 0 Å². The van der Waals surface area contributed by atoms with E-state index in [1.165, 1.54) is 6.92 Å². The zero-order chi connectivity index (χ0) is 30.9. The van der Waals surface area contributed by atoms with E-state index in [0.29, 0.717) is 11.3 Å². The van der Waals surface area contributed by atoms with Crippen molar-refractivity contribution in [1.82, 2.24) is 20.2 Å². The highest BCUT2D eigenvalue weighted by molar-refractivity contribution is 7.17. The molecule has 0 radical (unpaired) electrons. The normalized spacial score (nSPS) is 19.9. The number of aromatic nitrogens is 2. The Morgan fingerprint density at radius 2 is 1.88 bits per heavy atom. The van der Waals surface area contributed by atoms with Crippen LogP contribution in [-0.4, -0.2) is 68.5 Å². The Labute approximate surface area is 245 Å². The molecule has 1 saturated heterocycles. The number of carbonyl (C=O) groups is 2. The number of anilines is 1. The molecule has 2 amide bonds. The van der Waals surface area contributed by atoms with Crippen LogP contribution in [0, 0.1) is 0 Å². The number of aliphatic hydroxyl groups is 1. The Morgan fingerprint density at radius 1 is 1.19 bits per heavy atom. The van der Waals surface area contributed by atoms with E-state index in [1.54, 1.807) is 13.8 Å². The first-order chi connectivity index (χ1) is 19.5. The minimum absolute atomic E-state index is 0.00311. The van der Waals surface area contributed by atoms with Crippen LogP contribution in [0.15, 0.2) is 12.3 Å². The average Bonchev–Trinajstić information content (AvgIpc) is 3.33. The summed E-state index contributed by atoms with van der Waals surface area (Å²) in [7, 11) is 0. The summed E-state index contributed by atoms with van der Waals surface area (Å²) in [5.41, 5.74) is -2.98. The fourth-order valence-electron chi connectivity index (χ4n) is 5.29. The minimum Gasteiger partial charge on any atom is -0.390 e. The zero-order valence-electron chi connectivity index (χ0n) is 23.8. The summed E-state index contributed by atoms with van der Waals surface area (Å²) in [4.78, 5) is 35.8. The van der Waals surface area contributed by atoms with Gasteiger partial charge in [0.2, 0.25) is 0 Å². The molecule has 0 unspecified atom stereocenters. The largest absolute Gasteiger partial charge is 0.417 e. The van der Waals surface area contributed by atoms with Crippen LogP contribution in [0.1, 0.15) is 98.0 Å². The highest BCUT2D eigenvalue weighted by atomic mass is 32.1. The van der Waals surface area contributed by atoms with Gasteiger partial charge in [0, 0.05) is 49.8 Å². The molecule has 42 heavy (non-hydrogen) atoms. The average molecular weight is 618 g/mol. The molecule has 2 aromatic rings. The summed E-state index contributed by atoms with van der Waals surface area (Å²) in [6, 6.07) is -0.00999. The van der Waals surface area contributed by atoms with Gasteiger partial charge in [-0.15, -0.1) is 11.3 Å². The number of thiazole rings is 1. The number of carbonyl (C=O) groups excluding carboxylic acids is 2. The van der Waals surface area contributed by atoms with Gasteiger partial charge >= 0.3 is 6.18 Å². The van der Waals surface area contributed by atoms with Crippen molar-refractivity contribution in [2.24, 2.45) is 0 Å². The number of amides is 2. The van der Waals surface area contributed by atoms with Gasteiger partial charge in [-0.3, -0.25) is 9.59 Å². The quantitative estimate of drug-likeness (QED) is 0.308. The van der Waals surface area contributed by atoms with Crippen molar-refractivity contribution in [3.05, 3.63) is 28.5 Å². The van der Waals surface area contributed by atoms with E-state index in [1.807, 2.05) is 0 Å². The van der Waals surface area contributed by atoms with Crippen LogP contribution in [0.4, 0.5) is 27.8 Å². The summed E-state index contributed by atoms with van der Waals surface area (Å²) in [6.45, 7) is 4.29. The molecule has 2 aliphatic rings. The maximum atomic E-state index is 14.4. The molecule has 0 bridgehead atoms. The summed E-state index contributed by atoms with van der Waals surface area (Å²) in [5.74, 6) is -4.50. The summed E-state index contributed by atoms with van der Waals surface area (Å²) in [6.07, 6.45) is -0.173. The van der Waals surface area contributed by atoms with Crippen molar-refractivity contribution in [3.63, 3.8) is 0 Å². The van der Waals surface area contributed by atoms with Crippen LogP contribution in [0.25, 0.3) is 10.4 Å². The Bertz CT molecular complexity index is 1290. The number of halogens is 5. The SMILES string of the molecule is C[C@H]1CC(F)(F)CCN1C(=O)c1nc(C(=O)NCCC(C)(C)O)sc1-c1cnc(NC2CCCCC2)cc1C(F)(F)F. The Balaban J connectivity index is 1.73. The lowest BCUT2D eigenvalue weighted by Crippen LogP contribution is -2.48. The predicted octanol–water partition coefficient (Wildman–Crippen LogP) is 6.12. The number of pyridine rings is 1. The molecular formula is C28H36F5N5O3S. The first-order valence-electron chi connectivity index (χ1n) is 14.1. The van der Waals surface area contributed by atoms with Crippen LogP contribution in [0.2, 0.25) is 0 Å². The Kier molecular flexibility index (Phi) is 9.46. The molecule has 1 atom stereocenters. The fourth-order valence-corrected chi connectivity index (χ4v) is 6.29. The number of rotatable bonds is 8. The number of nitrogens with one attached hydrogen (secondary N) is 2. The molecule has 232 valence electrons. The second-order valence-electron chi connectivity index (χ2n) is 11.8. The van der Waals surface area contributed by atoms with Crippen molar-refractivity contribution in [1.29, 1.82) is 0 Å². The zero-order valence-corrected chi connectivity index (χ0v) is 24.6. The molecule has 2 fully saturated rings. The molecule has 1 saturated carbocycles. The third-order valence-corrected chi connectivity index (χ3v) is 8.65. The number of alkyl halides is 5. The van der Waals surface area contributed by atoms with Gasteiger partial charge in [-0.1, -0.05) is 19.3 Å². The first kappa shape index (κ1) is 32.1. The van der Waals surface area contributed by atoms with E-state index in [9.17, 15) is 36.6 Å². The van der Waals surface area contributed by atoms with Gasteiger partial charge in [0.1, 0.15) is 11.5 Å². The highest BCUT2D eigenvalue weighted by Gasteiger charge is 2.42. The fraction of sp³-hybridized carbons (Fsp3) is 0.643. The van der Waals surface area contributed by atoms with E-state index in [2.05, 4.69) is 20.6 Å². The van der Waals surface area contributed by atoms with Gasteiger partial charge in [0.05, 0.1) is 16.0 Å². The lowest BCUT2D eigenvalue weighted by molar-refractivity contribution is -0.137. The van der Waals surface area contributed by atoms with Gasteiger partial charge in [-0.2, -0.15) is 13.2 Å². The minimum atomic E-state index is -4.83. The molecule has 8 nitrogen and oxygen atoms in total. The number of hydrogen-bond donors (Lipinski definition) is 3. The Morgan fingerprint density at radius 3 is 2.50 bits per heavy atom. The second-order valence-corrected chi connectivity index (χ2v) is 12.8. The smallest absolute Gasteiger partial charge is 0.390 e. The summed E-state index contributed by atoms with van der Waals surface area (Å²) < 4.78 is 71.2. The van der Waals surface area contributed by atoms with Crippen LogP contribution in [0.3, 0.4) is 0 Å². The van der Waals surface area contributed by atoms with Gasteiger partial charge in [0.25, 0.3) is 17.7 Å². The number of hydrogen-bond acceptors (Lipinski definition) is 7. The van der Waals surface area contributed by atoms with Gasteiger partial charge in [-0.25, -0.2) is 18.7 Å². The molecule has 3 N–H and O–H groups in total. The first-order valence-corrected chi connectivity index (χ1v) is 14.9. The molecule has 1 aliphatic carbocycles. The molecule has 1 aliphatic heterocycles. The van der Waals surface area contributed by atoms with E-state index in [0.717, 1.165) is 49.3 Å². The predicted molar refractivity (Wildman–Crippen MR) is 149 cm³/mol. The molecule has 0 spiro atoms. The Hall–Kier alpha value is -2.87. The highest BCUT2D eigenvalue weighted by Crippen LogP contribution is 2.42. The van der Waals surface area contributed by atoms with Crippen molar-refractivity contribution in [3.8, 4) is 10.4 Å². The van der Waals surface area contributed by atoms with Crippen molar-refractivity contribution >= 4 is 29.0 Å². The van der Waals surface area contributed by atoms with Gasteiger partial charge < -0.3 is 20.6 Å². The van der Waals surface area contributed by atoms with Crippen LogP contribution >= 0.6 is 11.3 Å². The monoisotopic (exact) mass is 617 g/mol. The molecule has 14 heteroatoms. The molecule has 3 heterocycles. The van der Waals surface area contributed by atoms with Crippen LogP contribution in [-0.2, 0) is 6.18 Å². The van der Waals surface area contributed by atoms with Gasteiger partial charge in [-0.05, 0) is 46.1 Å². The van der Waals surface area contributed by atoms with Crippen molar-refractivity contribution in [2.45, 2.75) is 102 Å².